The first kappa shape index (κ1) is 12.0. The minimum absolute atomic E-state index is 0.0441. The van der Waals surface area contributed by atoms with Gasteiger partial charge in [-0.05, 0) is 22.4 Å². The Hall–Kier alpha value is -2.06. The van der Waals surface area contributed by atoms with Gasteiger partial charge in [0.1, 0.15) is 0 Å². The number of pyridine rings is 1. The van der Waals surface area contributed by atoms with Crippen molar-refractivity contribution in [2.75, 3.05) is 0 Å². The van der Waals surface area contributed by atoms with E-state index in [4.69, 9.17) is 11.6 Å². The van der Waals surface area contributed by atoms with Crippen LogP contribution < -0.4 is 5.56 Å². The fraction of sp³-hybridized carbons (Fsp3) is 0.0625. The summed E-state index contributed by atoms with van der Waals surface area (Å²) in [6.07, 6.45) is 1.67. The van der Waals surface area contributed by atoms with Gasteiger partial charge in [-0.25, -0.2) is 0 Å². The van der Waals surface area contributed by atoms with Crippen LogP contribution in [-0.4, -0.2) is 4.57 Å². The maximum atomic E-state index is 11.8. The van der Waals surface area contributed by atoms with Crippen LogP contribution in [0.15, 0.2) is 65.6 Å². The van der Waals surface area contributed by atoms with Crippen LogP contribution in [0.5, 0.6) is 0 Å². The first-order valence-electron chi connectivity index (χ1n) is 6.07. The summed E-state index contributed by atoms with van der Waals surface area (Å²) in [6, 6.07) is 17.4. The number of aromatic nitrogens is 1. The molecule has 3 rings (SSSR count). The van der Waals surface area contributed by atoms with Gasteiger partial charge in [-0.2, -0.15) is 0 Å². The summed E-state index contributed by atoms with van der Waals surface area (Å²) in [5.74, 6) is 0. The molecule has 0 spiro atoms. The summed E-state index contributed by atoms with van der Waals surface area (Å²) < 4.78 is 1.63. The monoisotopic (exact) mass is 269 g/mol. The molecule has 0 unspecified atom stereocenters. The Morgan fingerprint density at radius 2 is 1.74 bits per heavy atom. The molecular weight excluding hydrogens is 258 g/mol. The second-order valence-electron chi connectivity index (χ2n) is 4.45. The Bertz CT molecular complexity index is 787. The molecule has 3 heteroatoms. The van der Waals surface area contributed by atoms with Crippen molar-refractivity contribution in [1.29, 1.82) is 0 Å². The second-order valence-corrected chi connectivity index (χ2v) is 4.89. The summed E-state index contributed by atoms with van der Waals surface area (Å²) in [7, 11) is 0. The van der Waals surface area contributed by atoms with Gasteiger partial charge < -0.3 is 4.57 Å². The summed E-state index contributed by atoms with van der Waals surface area (Å²) in [5.41, 5.74) is 1.07. The Labute approximate surface area is 115 Å². The van der Waals surface area contributed by atoms with E-state index >= 15 is 0 Å². The van der Waals surface area contributed by atoms with E-state index in [0.29, 0.717) is 11.6 Å². The van der Waals surface area contributed by atoms with E-state index in [1.165, 1.54) is 11.5 Å². The molecule has 2 aromatic carbocycles. The van der Waals surface area contributed by atoms with Crippen molar-refractivity contribution in [2.24, 2.45) is 0 Å². The van der Waals surface area contributed by atoms with Gasteiger partial charge in [0, 0.05) is 12.3 Å². The zero-order chi connectivity index (χ0) is 13.2. The molecule has 2 nitrogen and oxygen atoms in total. The lowest BCUT2D eigenvalue weighted by Gasteiger charge is -2.09. The number of halogens is 1. The molecule has 0 aliphatic heterocycles. The first-order chi connectivity index (χ1) is 9.24. The summed E-state index contributed by atoms with van der Waals surface area (Å²) in [5, 5.41) is 2.91. The Kier molecular flexibility index (Phi) is 3.10. The second kappa shape index (κ2) is 4.90. The van der Waals surface area contributed by atoms with Gasteiger partial charge >= 0.3 is 0 Å². The van der Waals surface area contributed by atoms with Gasteiger partial charge in [0.05, 0.1) is 11.6 Å². The van der Waals surface area contributed by atoms with E-state index in [2.05, 4.69) is 18.2 Å². The highest BCUT2D eigenvalue weighted by molar-refractivity contribution is 6.30. The molecule has 0 aliphatic carbocycles. The highest BCUT2D eigenvalue weighted by Gasteiger charge is 2.03. The SMILES string of the molecule is O=c1ccc(Cl)cn1Cc1cccc2ccccc12. The smallest absolute Gasteiger partial charge is 0.250 e. The van der Waals surface area contributed by atoms with Gasteiger partial charge in [0.25, 0.3) is 5.56 Å². The molecule has 94 valence electrons. The fourth-order valence-electron chi connectivity index (χ4n) is 2.24. The maximum Gasteiger partial charge on any atom is 0.250 e. The normalized spacial score (nSPS) is 10.8. The van der Waals surface area contributed by atoms with Crippen molar-refractivity contribution in [3.63, 3.8) is 0 Å². The molecule has 1 aromatic heterocycles. The van der Waals surface area contributed by atoms with Crippen molar-refractivity contribution in [1.82, 2.24) is 4.57 Å². The molecule has 0 saturated carbocycles. The van der Waals surface area contributed by atoms with E-state index in [1.807, 2.05) is 24.3 Å². The van der Waals surface area contributed by atoms with Crippen molar-refractivity contribution < 1.29 is 0 Å². The summed E-state index contributed by atoms with van der Waals surface area (Å²) >= 11 is 5.94. The van der Waals surface area contributed by atoms with Crippen molar-refractivity contribution in [3.8, 4) is 0 Å². The van der Waals surface area contributed by atoms with Crippen LogP contribution in [0, 0.1) is 0 Å². The number of hydrogen-bond donors (Lipinski definition) is 0. The van der Waals surface area contributed by atoms with Gasteiger partial charge in [0.15, 0.2) is 0 Å². The van der Waals surface area contributed by atoms with E-state index in [1.54, 1.807) is 16.8 Å². The largest absolute Gasteiger partial charge is 0.310 e. The predicted octanol–water partition coefficient (Wildman–Crippen LogP) is 3.70. The minimum atomic E-state index is -0.0441. The molecule has 0 atom stereocenters. The third-order valence-electron chi connectivity index (χ3n) is 3.17. The Morgan fingerprint density at radius 1 is 0.947 bits per heavy atom. The Morgan fingerprint density at radius 3 is 2.63 bits per heavy atom. The molecule has 0 bridgehead atoms. The van der Waals surface area contributed by atoms with Crippen LogP contribution in [0.4, 0.5) is 0 Å². The average Bonchev–Trinajstić information content (AvgIpc) is 2.43. The fourth-order valence-corrected chi connectivity index (χ4v) is 2.42. The van der Waals surface area contributed by atoms with Crippen LogP contribution in [0.2, 0.25) is 5.02 Å². The third kappa shape index (κ3) is 2.40. The van der Waals surface area contributed by atoms with Crippen LogP contribution >= 0.6 is 11.6 Å². The first-order valence-corrected chi connectivity index (χ1v) is 6.44. The van der Waals surface area contributed by atoms with Crippen LogP contribution in [0.25, 0.3) is 10.8 Å². The molecule has 0 N–H and O–H groups in total. The van der Waals surface area contributed by atoms with E-state index in [9.17, 15) is 4.79 Å². The lowest BCUT2D eigenvalue weighted by Crippen LogP contribution is -2.18. The van der Waals surface area contributed by atoms with E-state index in [-0.39, 0.29) is 5.56 Å². The predicted molar refractivity (Wildman–Crippen MR) is 78.8 cm³/mol. The van der Waals surface area contributed by atoms with Gasteiger partial charge in [-0.1, -0.05) is 54.1 Å². The molecule has 19 heavy (non-hydrogen) atoms. The van der Waals surface area contributed by atoms with Crippen LogP contribution in [-0.2, 0) is 6.54 Å². The Balaban J connectivity index is 2.11. The van der Waals surface area contributed by atoms with Crippen molar-refractivity contribution in [2.45, 2.75) is 6.54 Å². The number of rotatable bonds is 2. The highest BCUT2D eigenvalue weighted by Crippen LogP contribution is 2.19. The molecule has 0 fully saturated rings. The van der Waals surface area contributed by atoms with Gasteiger partial charge in [0.2, 0.25) is 0 Å². The third-order valence-corrected chi connectivity index (χ3v) is 3.39. The average molecular weight is 270 g/mol. The standard InChI is InChI=1S/C16H12ClNO/c17-14-8-9-16(19)18(11-14)10-13-6-3-5-12-4-1-2-7-15(12)13/h1-9,11H,10H2. The topological polar surface area (TPSA) is 22.0 Å². The molecular formula is C16H12ClNO. The lowest BCUT2D eigenvalue weighted by molar-refractivity contribution is 0.764. The number of benzene rings is 2. The molecule has 0 amide bonds. The van der Waals surface area contributed by atoms with Crippen LogP contribution in [0.1, 0.15) is 5.56 Å². The van der Waals surface area contributed by atoms with Crippen molar-refractivity contribution >= 4 is 22.4 Å². The number of hydrogen-bond acceptors (Lipinski definition) is 1. The quantitative estimate of drug-likeness (QED) is 0.695. The molecule has 0 saturated heterocycles. The van der Waals surface area contributed by atoms with E-state index < -0.39 is 0 Å². The lowest BCUT2D eigenvalue weighted by atomic mass is 10.0. The van der Waals surface area contributed by atoms with Gasteiger partial charge in [-0.15, -0.1) is 0 Å². The molecule has 0 aliphatic rings. The van der Waals surface area contributed by atoms with Gasteiger partial charge in [-0.3, -0.25) is 4.79 Å². The number of nitrogens with zero attached hydrogens (tertiary/aromatic N) is 1. The molecule has 0 radical (unpaired) electrons. The zero-order valence-electron chi connectivity index (χ0n) is 10.2. The number of fused-ring (bicyclic) bond motifs is 1. The van der Waals surface area contributed by atoms with Crippen molar-refractivity contribution in [3.05, 3.63) is 81.7 Å². The highest BCUT2D eigenvalue weighted by atomic mass is 35.5. The minimum Gasteiger partial charge on any atom is -0.310 e. The maximum absolute atomic E-state index is 11.8. The van der Waals surface area contributed by atoms with E-state index in [0.717, 1.165) is 10.9 Å². The summed E-state index contributed by atoms with van der Waals surface area (Å²) in [4.78, 5) is 11.8. The zero-order valence-corrected chi connectivity index (χ0v) is 11.0. The molecule has 1 heterocycles. The van der Waals surface area contributed by atoms with Crippen LogP contribution in [0.3, 0.4) is 0 Å². The molecule has 3 aromatic rings. The summed E-state index contributed by atoms with van der Waals surface area (Å²) in [6.45, 7) is 0.529.